The SMILES string of the molecule is COCOc1ccc(-c2ccccc2)c(/C=C/C[C@@H]2OC(C)(C)O[C@@H]2C(/C=C\[C@@H](C)C(C)O[Si](c2ccccc2)(c2ccccc2)C(C)(C)C)O[Si](C)(C)C(C)(C)C)c1C(=O)OCC[Si](C)(C)C. The van der Waals surface area contributed by atoms with E-state index in [1.807, 2.05) is 62.4 Å². The molecule has 4 aromatic carbocycles. The predicted molar refractivity (Wildman–Crippen MR) is 289 cm³/mol. The Balaban J connectivity index is 1.53. The second-order valence-corrected chi connectivity index (χ2v) is 37.2. The minimum Gasteiger partial charge on any atom is -0.467 e. The van der Waals surface area contributed by atoms with Crippen molar-refractivity contribution in [3.8, 4) is 16.9 Å². The number of benzene rings is 4. The van der Waals surface area contributed by atoms with Gasteiger partial charge in [-0.05, 0) is 89.9 Å². The van der Waals surface area contributed by atoms with Gasteiger partial charge in [0.2, 0.25) is 0 Å². The number of carbonyl (C=O) groups is 1. The Morgan fingerprint density at radius 2 is 1.32 bits per heavy atom. The minimum atomic E-state index is -2.81. The molecule has 1 aliphatic rings. The van der Waals surface area contributed by atoms with Crippen molar-refractivity contribution in [3.63, 3.8) is 0 Å². The fourth-order valence-electron chi connectivity index (χ4n) is 8.51. The van der Waals surface area contributed by atoms with Crippen molar-refractivity contribution < 1.29 is 37.3 Å². The van der Waals surface area contributed by atoms with Gasteiger partial charge in [0.1, 0.15) is 17.4 Å². The molecule has 0 aliphatic carbocycles. The van der Waals surface area contributed by atoms with Crippen molar-refractivity contribution in [2.75, 3.05) is 20.5 Å². The average molecular weight is 980 g/mol. The molecule has 0 amide bonds. The van der Waals surface area contributed by atoms with Gasteiger partial charge in [-0.2, -0.15) is 0 Å². The summed E-state index contributed by atoms with van der Waals surface area (Å²) in [6.45, 7) is 33.8. The van der Waals surface area contributed by atoms with Crippen molar-refractivity contribution >= 4 is 47.1 Å². The van der Waals surface area contributed by atoms with E-state index in [0.717, 1.165) is 17.2 Å². The van der Waals surface area contributed by atoms with Gasteiger partial charge in [-0.3, -0.25) is 0 Å². The molecule has 11 heteroatoms. The second kappa shape index (κ2) is 22.9. The molecule has 0 saturated carbocycles. The Morgan fingerprint density at radius 1 is 0.750 bits per heavy atom. The molecule has 0 bridgehead atoms. The summed E-state index contributed by atoms with van der Waals surface area (Å²) in [7, 11) is -5.07. The number of rotatable bonds is 21. The molecule has 0 aromatic heterocycles. The van der Waals surface area contributed by atoms with E-state index < -0.39 is 48.7 Å². The summed E-state index contributed by atoms with van der Waals surface area (Å²) in [5, 5.41) is 2.30. The van der Waals surface area contributed by atoms with Crippen LogP contribution in [0.1, 0.15) is 91.6 Å². The fourth-order valence-corrected chi connectivity index (χ4v) is 15.3. The van der Waals surface area contributed by atoms with Crippen LogP contribution in [0, 0.1) is 5.92 Å². The van der Waals surface area contributed by atoms with Gasteiger partial charge < -0.3 is 32.5 Å². The first-order valence-electron chi connectivity index (χ1n) is 24.5. The van der Waals surface area contributed by atoms with Crippen LogP contribution in [0.5, 0.6) is 5.75 Å². The van der Waals surface area contributed by atoms with Crippen LogP contribution in [0.3, 0.4) is 0 Å². The van der Waals surface area contributed by atoms with Gasteiger partial charge in [0.15, 0.2) is 20.9 Å². The molecular formula is C57H82O8Si3. The van der Waals surface area contributed by atoms with Crippen molar-refractivity contribution in [2.45, 2.75) is 155 Å². The van der Waals surface area contributed by atoms with E-state index in [1.54, 1.807) is 7.11 Å². The normalized spacial score (nSPS) is 18.5. The first-order valence-corrected chi connectivity index (χ1v) is 33.0. The average Bonchev–Trinajstić information content (AvgIpc) is 3.58. The highest BCUT2D eigenvalue weighted by molar-refractivity contribution is 6.99. The van der Waals surface area contributed by atoms with Crippen LogP contribution in [-0.2, 0) is 27.8 Å². The largest absolute Gasteiger partial charge is 0.467 e. The highest BCUT2D eigenvalue weighted by Gasteiger charge is 2.52. The van der Waals surface area contributed by atoms with Gasteiger partial charge in [-0.1, -0.05) is 189 Å². The molecule has 1 aliphatic heterocycles. The molecule has 0 N–H and O–H groups in total. The number of ether oxygens (including phenoxy) is 5. The Labute approximate surface area is 413 Å². The molecule has 1 saturated heterocycles. The molecule has 8 nitrogen and oxygen atoms in total. The lowest BCUT2D eigenvalue weighted by Gasteiger charge is -2.45. The Bertz CT molecular complexity index is 2240. The Kier molecular flexibility index (Phi) is 18.5. The van der Waals surface area contributed by atoms with E-state index in [1.165, 1.54) is 10.4 Å². The van der Waals surface area contributed by atoms with E-state index in [4.69, 9.17) is 32.5 Å². The smallest absolute Gasteiger partial charge is 0.342 e. The van der Waals surface area contributed by atoms with Crippen molar-refractivity contribution in [1.29, 1.82) is 0 Å². The molecule has 68 heavy (non-hydrogen) atoms. The van der Waals surface area contributed by atoms with Crippen LogP contribution in [0.25, 0.3) is 17.2 Å². The van der Waals surface area contributed by atoms with Crippen molar-refractivity contribution in [2.24, 2.45) is 5.92 Å². The Morgan fingerprint density at radius 3 is 1.85 bits per heavy atom. The lowest BCUT2D eigenvalue weighted by Crippen LogP contribution is -2.67. The van der Waals surface area contributed by atoms with Gasteiger partial charge in [-0.15, -0.1) is 0 Å². The molecule has 1 fully saturated rings. The number of hydrogen-bond donors (Lipinski definition) is 0. The molecule has 5 rings (SSSR count). The zero-order valence-corrected chi connectivity index (χ0v) is 47.1. The third kappa shape index (κ3) is 13.9. The van der Waals surface area contributed by atoms with Crippen LogP contribution in [0.15, 0.2) is 121 Å². The first-order chi connectivity index (χ1) is 31.8. The molecule has 370 valence electrons. The summed E-state index contributed by atoms with van der Waals surface area (Å²) in [6, 6.07) is 36.4. The van der Waals surface area contributed by atoms with E-state index in [2.05, 4.69) is 167 Å². The van der Waals surface area contributed by atoms with Gasteiger partial charge in [0.05, 0.1) is 18.8 Å². The lowest BCUT2D eigenvalue weighted by atomic mass is 9.93. The van der Waals surface area contributed by atoms with Gasteiger partial charge in [0.25, 0.3) is 8.32 Å². The molecule has 2 unspecified atom stereocenters. The number of methoxy groups -OCH3 is 1. The Hall–Kier alpha value is -3.92. The summed E-state index contributed by atoms with van der Waals surface area (Å²) in [6.07, 6.45) is 7.71. The van der Waals surface area contributed by atoms with Crippen LogP contribution < -0.4 is 15.1 Å². The van der Waals surface area contributed by atoms with Crippen LogP contribution in [-0.4, -0.2) is 81.4 Å². The topological polar surface area (TPSA) is 81.7 Å². The van der Waals surface area contributed by atoms with E-state index >= 15 is 0 Å². The maximum absolute atomic E-state index is 14.2. The monoisotopic (exact) mass is 979 g/mol. The zero-order chi connectivity index (χ0) is 50.1. The van der Waals surface area contributed by atoms with Crippen molar-refractivity contribution in [1.82, 2.24) is 0 Å². The molecule has 0 spiro atoms. The maximum Gasteiger partial charge on any atom is 0.342 e. The number of esters is 1. The molecular weight excluding hydrogens is 897 g/mol. The van der Waals surface area contributed by atoms with Crippen LogP contribution >= 0.6 is 0 Å². The summed E-state index contributed by atoms with van der Waals surface area (Å²) < 4.78 is 45.9. The molecule has 5 atom stereocenters. The maximum atomic E-state index is 14.2. The van der Waals surface area contributed by atoms with E-state index in [9.17, 15) is 4.79 Å². The van der Waals surface area contributed by atoms with E-state index in [-0.39, 0.29) is 35.0 Å². The van der Waals surface area contributed by atoms with Gasteiger partial charge in [0, 0.05) is 26.9 Å². The molecule has 1 heterocycles. The van der Waals surface area contributed by atoms with Gasteiger partial charge in [-0.25, -0.2) is 4.79 Å². The lowest BCUT2D eigenvalue weighted by molar-refractivity contribution is -0.151. The highest BCUT2D eigenvalue weighted by atomic mass is 28.4. The third-order valence-corrected chi connectivity index (χ3v) is 24.8. The number of hydrogen-bond acceptors (Lipinski definition) is 8. The number of carbonyl (C=O) groups excluding carboxylic acids is 1. The minimum absolute atomic E-state index is 0.0147. The predicted octanol–water partition coefficient (Wildman–Crippen LogP) is 13.3. The summed E-state index contributed by atoms with van der Waals surface area (Å²) in [5.74, 6) is -0.865. The first kappa shape index (κ1) is 55.0. The fraction of sp³-hybridized carbons (Fsp3) is 0.491. The van der Waals surface area contributed by atoms with E-state index in [0.29, 0.717) is 29.9 Å². The second-order valence-electron chi connectivity index (χ2n) is 22.6. The molecule has 0 radical (unpaired) electrons. The zero-order valence-electron chi connectivity index (χ0n) is 44.1. The van der Waals surface area contributed by atoms with Gasteiger partial charge >= 0.3 is 5.97 Å². The summed E-state index contributed by atoms with van der Waals surface area (Å²) in [5.41, 5.74) is 2.92. The quantitative estimate of drug-likeness (QED) is 0.0353. The van der Waals surface area contributed by atoms with Crippen LogP contribution in [0.4, 0.5) is 0 Å². The van der Waals surface area contributed by atoms with Crippen LogP contribution in [0.2, 0.25) is 48.9 Å². The van der Waals surface area contributed by atoms with Crippen molar-refractivity contribution in [3.05, 3.63) is 132 Å². The standard InChI is InChI=1S/C57H82O8Si3/c1-42(43(2)64-68(56(6,7)8,45-29-22-18-23-30-45)46-31-24-19-25-32-46)35-37-51(65-67(15,16)55(3,4)5)53-50(62-57(9,10)63-53)34-26-33-48-47(44-27-20-17-21-28-44)36-38-49(61-41-59-11)52(48)54(58)60-39-40-66(12,13)14/h17-33,35-38,42-43,50-51,53H,34,39-41H2,1-16H3/b33-26+,37-35-/t42-,43?,50+,51?,53+/m1/s1. The molecule has 4 aromatic rings. The summed E-state index contributed by atoms with van der Waals surface area (Å²) in [4.78, 5) is 14.2. The highest BCUT2D eigenvalue weighted by Crippen LogP contribution is 2.42. The third-order valence-electron chi connectivity index (χ3n) is 13.5. The summed E-state index contributed by atoms with van der Waals surface area (Å²) >= 11 is 0.